The van der Waals surface area contributed by atoms with E-state index in [-0.39, 0.29) is 43.4 Å². The molecule has 1 aromatic heterocycles. The summed E-state index contributed by atoms with van der Waals surface area (Å²) in [4.78, 5) is 42.3. The molecule has 14 heteroatoms. The molecule has 0 saturated carbocycles. The molecule has 3 amide bonds. The maximum Gasteiger partial charge on any atom is 0.414 e. The quantitative estimate of drug-likeness (QED) is 0.158. The highest BCUT2D eigenvalue weighted by Crippen LogP contribution is 2.26. The van der Waals surface area contributed by atoms with Gasteiger partial charge in [-0.2, -0.15) is 0 Å². The van der Waals surface area contributed by atoms with Gasteiger partial charge in [0.15, 0.2) is 0 Å². The molecule has 3 aromatic rings. The van der Waals surface area contributed by atoms with Gasteiger partial charge in [0.2, 0.25) is 17.5 Å². The van der Waals surface area contributed by atoms with E-state index in [1.807, 2.05) is 0 Å². The maximum absolute atomic E-state index is 13.9. The SMILES string of the molecule is CC(=O)N(NCc1cccc(F)c1Cl)[C@](C)(CCC(=O)NC[C@@H](N)CO)OC(=O)Nc1cc2cc(F)ccc2cn1. The zero-order chi connectivity index (χ0) is 30.2. The van der Waals surface area contributed by atoms with E-state index in [0.29, 0.717) is 16.3 Å². The Hall–Kier alpha value is -3.91. The molecule has 0 unspecified atom stereocenters. The van der Waals surface area contributed by atoms with Gasteiger partial charge in [-0.05, 0) is 48.2 Å². The van der Waals surface area contributed by atoms with Crippen LogP contribution in [-0.4, -0.2) is 57.9 Å². The van der Waals surface area contributed by atoms with Crippen molar-refractivity contribution >= 4 is 46.1 Å². The summed E-state index contributed by atoms with van der Waals surface area (Å²) >= 11 is 6.05. The minimum atomic E-state index is -1.75. The van der Waals surface area contributed by atoms with Gasteiger partial charge in [-0.3, -0.25) is 14.9 Å². The summed E-state index contributed by atoms with van der Waals surface area (Å²) in [6.45, 7) is 2.17. The second kappa shape index (κ2) is 14.1. The topological polar surface area (TPSA) is 159 Å². The average molecular weight is 593 g/mol. The second-order valence-corrected chi connectivity index (χ2v) is 9.78. The monoisotopic (exact) mass is 592 g/mol. The normalized spacial score (nSPS) is 13.2. The van der Waals surface area contributed by atoms with Crippen LogP contribution in [-0.2, 0) is 20.9 Å². The molecular formula is C27H31ClF2N6O5. The fraction of sp³-hybridized carbons (Fsp3) is 0.333. The first-order valence-corrected chi connectivity index (χ1v) is 13.0. The van der Waals surface area contributed by atoms with Gasteiger partial charge in [-0.1, -0.05) is 23.7 Å². The van der Waals surface area contributed by atoms with Crippen LogP contribution in [0.3, 0.4) is 0 Å². The number of nitrogens with two attached hydrogens (primary N) is 1. The van der Waals surface area contributed by atoms with E-state index < -0.39 is 41.3 Å². The number of carbonyl (C=O) groups excluding carboxylic acids is 3. The van der Waals surface area contributed by atoms with Crippen molar-refractivity contribution in [3.63, 3.8) is 0 Å². The molecule has 1 heterocycles. The minimum Gasteiger partial charge on any atom is -0.421 e. The highest BCUT2D eigenvalue weighted by Gasteiger charge is 2.39. The van der Waals surface area contributed by atoms with E-state index in [1.54, 1.807) is 6.07 Å². The van der Waals surface area contributed by atoms with E-state index >= 15 is 0 Å². The minimum absolute atomic E-state index is 0.00829. The number of aromatic nitrogens is 1. The highest BCUT2D eigenvalue weighted by molar-refractivity contribution is 6.31. The van der Waals surface area contributed by atoms with Crippen molar-refractivity contribution in [2.75, 3.05) is 18.5 Å². The van der Waals surface area contributed by atoms with Gasteiger partial charge in [-0.15, -0.1) is 0 Å². The number of aliphatic hydroxyl groups is 1. The number of nitrogens with zero attached hydrogens (tertiary/aromatic N) is 2. The van der Waals surface area contributed by atoms with Gasteiger partial charge in [-0.25, -0.2) is 29.0 Å². The zero-order valence-electron chi connectivity index (χ0n) is 22.4. The number of anilines is 1. The summed E-state index contributed by atoms with van der Waals surface area (Å²) in [7, 11) is 0. The predicted molar refractivity (Wildman–Crippen MR) is 148 cm³/mol. The molecule has 0 aliphatic carbocycles. The number of pyridine rings is 1. The molecule has 41 heavy (non-hydrogen) atoms. The third kappa shape index (κ3) is 8.79. The Morgan fingerprint density at radius 3 is 2.66 bits per heavy atom. The van der Waals surface area contributed by atoms with Crippen LogP contribution in [0.5, 0.6) is 0 Å². The molecule has 6 N–H and O–H groups in total. The van der Waals surface area contributed by atoms with Crippen LogP contribution < -0.4 is 21.8 Å². The molecule has 220 valence electrons. The number of rotatable bonds is 12. The largest absolute Gasteiger partial charge is 0.421 e. The lowest BCUT2D eigenvalue weighted by Gasteiger charge is -2.40. The number of nitrogens with one attached hydrogen (secondary N) is 3. The Balaban J connectivity index is 1.81. The third-order valence-electron chi connectivity index (χ3n) is 6.09. The molecular weight excluding hydrogens is 562 g/mol. The average Bonchev–Trinajstić information content (AvgIpc) is 2.92. The molecule has 11 nitrogen and oxygen atoms in total. The van der Waals surface area contributed by atoms with Gasteiger partial charge >= 0.3 is 6.09 Å². The summed E-state index contributed by atoms with van der Waals surface area (Å²) in [6, 6.07) is 9.06. The number of halogens is 3. The Kier molecular flexibility index (Phi) is 10.9. The first-order chi connectivity index (χ1) is 19.4. The third-order valence-corrected chi connectivity index (χ3v) is 6.51. The van der Waals surface area contributed by atoms with Crippen molar-refractivity contribution in [2.24, 2.45) is 5.73 Å². The molecule has 2 aromatic carbocycles. The molecule has 0 spiro atoms. The number of hydrogen-bond donors (Lipinski definition) is 5. The van der Waals surface area contributed by atoms with Crippen LogP contribution in [0.1, 0.15) is 32.3 Å². The van der Waals surface area contributed by atoms with E-state index in [2.05, 4.69) is 21.0 Å². The van der Waals surface area contributed by atoms with Crippen molar-refractivity contribution in [1.82, 2.24) is 20.7 Å². The Morgan fingerprint density at radius 2 is 1.95 bits per heavy atom. The standard InChI is InChI=1S/C27H31ClF2N6O5/c1-16(38)36(34-13-18-4-3-5-22(30)25(18)28)27(2,9-8-24(39)33-14-21(31)15-37)41-26(40)35-23-11-19-10-20(29)7-6-17(19)12-32-23/h3-7,10-12,21,34,37H,8-9,13-15,31H2,1-2H3,(H,33,39)(H,32,35,40)/t21-,27+/m1/s1. The molecule has 0 saturated heterocycles. The number of aliphatic hydroxyl groups excluding tert-OH is 1. The maximum atomic E-state index is 13.9. The second-order valence-electron chi connectivity index (χ2n) is 9.40. The molecule has 0 aliphatic heterocycles. The molecule has 0 radical (unpaired) electrons. The van der Waals surface area contributed by atoms with Gasteiger partial charge in [0.1, 0.15) is 17.5 Å². The first kappa shape index (κ1) is 31.6. The molecule has 2 atom stereocenters. The van der Waals surface area contributed by atoms with Crippen LogP contribution in [0, 0.1) is 11.6 Å². The fourth-order valence-electron chi connectivity index (χ4n) is 3.92. The number of amides is 3. The fourth-order valence-corrected chi connectivity index (χ4v) is 4.12. The van der Waals surface area contributed by atoms with Crippen LogP contribution in [0.25, 0.3) is 10.8 Å². The number of hydrogen-bond acceptors (Lipinski definition) is 8. The Morgan fingerprint density at radius 1 is 1.20 bits per heavy atom. The summed E-state index contributed by atoms with van der Waals surface area (Å²) < 4.78 is 33.3. The van der Waals surface area contributed by atoms with E-state index in [4.69, 9.17) is 27.2 Å². The van der Waals surface area contributed by atoms with Crippen molar-refractivity contribution in [3.8, 4) is 0 Å². The summed E-state index contributed by atoms with van der Waals surface area (Å²) in [6.07, 6.45) is 0.0365. The summed E-state index contributed by atoms with van der Waals surface area (Å²) in [5, 5.41) is 16.1. The Labute approximate surface area is 240 Å². The number of carbonyl (C=O) groups is 3. The highest BCUT2D eigenvalue weighted by atomic mass is 35.5. The van der Waals surface area contributed by atoms with Gasteiger partial charge in [0, 0.05) is 50.5 Å². The van der Waals surface area contributed by atoms with Gasteiger partial charge < -0.3 is 20.9 Å². The van der Waals surface area contributed by atoms with Crippen LogP contribution in [0.4, 0.5) is 19.4 Å². The summed E-state index contributed by atoms with van der Waals surface area (Å²) in [5.41, 5.74) is 7.01. The zero-order valence-corrected chi connectivity index (χ0v) is 23.2. The van der Waals surface area contributed by atoms with Crippen molar-refractivity contribution < 1.29 is 33.0 Å². The first-order valence-electron chi connectivity index (χ1n) is 12.6. The van der Waals surface area contributed by atoms with Crippen LogP contribution in [0.15, 0.2) is 48.7 Å². The van der Waals surface area contributed by atoms with Gasteiger partial charge in [0.05, 0.1) is 11.6 Å². The number of benzene rings is 2. The van der Waals surface area contributed by atoms with E-state index in [1.165, 1.54) is 56.4 Å². The Bertz CT molecular complexity index is 1410. The number of hydrazine groups is 1. The lowest BCUT2D eigenvalue weighted by Crippen LogP contribution is -2.58. The smallest absolute Gasteiger partial charge is 0.414 e. The lowest BCUT2D eigenvalue weighted by molar-refractivity contribution is -0.167. The number of fused-ring (bicyclic) bond motifs is 1. The van der Waals surface area contributed by atoms with Gasteiger partial charge in [0.25, 0.3) is 0 Å². The van der Waals surface area contributed by atoms with E-state index in [0.717, 1.165) is 5.01 Å². The van der Waals surface area contributed by atoms with Crippen molar-refractivity contribution in [3.05, 3.63) is 70.9 Å². The summed E-state index contributed by atoms with van der Waals surface area (Å²) in [5.74, 6) is -2.13. The molecule has 0 fully saturated rings. The van der Waals surface area contributed by atoms with E-state index in [9.17, 15) is 23.2 Å². The van der Waals surface area contributed by atoms with Crippen molar-refractivity contribution in [2.45, 2.75) is 45.0 Å². The predicted octanol–water partition coefficient (Wildman–Crippen LogP) is 3.20. The lowest BCUT2D eigenvalue weighted by atomic mass is 10.1. The molecule has 0 aliphatic rings. The van der Waals surface area contributed by atoms with Crippen LogP contribution in [0.2, 0.25) is 5.02 Å². The molecule has 3 rings (SSSR count). The van der Waals surface area contributed by atoms with Crippen LogP contribution >= 0.6 is 11.6 Å². The number of ether oxygens (including phenoxy) is 1. The van der Waals surface area contributed by atoms with Crippen molar-refractivity contribution in [1.29, 1.82) is 0 Å². The molecule has 0 bridgehead atoms.